The van der Waals surface area contributed by atoms with Gasteiger partial charge in [-0.25, -0.2) is 8.78 Å². The monoisotopic (exact) mass is 248 g/mol. The van der Waals surface area contributed by atoms with Gasteiger partial charge in [-0.15, -0.1) is 0 Å². The maximum Gasteiger partial charge on any atom is 0.248 e. The molecule has 0 bridgehead atoms. The zero-order chi connectivity index (χ0) is 12.9. The number of halogens is 2. The predicted molar refractivity (Wildman–Crippen MR) is 60.9 cm³/mol. The first-order chi connectivity index (χ1) is 7.64. The van der Waals surface area contributed by atoms with Crippen molar-refractivity contribution in [3.8, 4) is 0 Å². The summed E-state index contributed by atoms with van der Waals surface area (Å²) in [5.41, 5.74) is -2.13. The summed E-state index contributed by atoms with van der Waals surface area (Å²) in [5.74, 6) is -2.73. The Labute approximate surface area is 101 Å². The van der Waals surface area contributed by atoms with Gasteiger partial charge in [0.25, 0.3) is 0 Å². The Morgan fingerprint density at radius 3 is 2.00 bits per heavy atom. The Bertz CT molecular complexity index is 317. The van der Waals surface area contributed by atoms with Crippen molar-refractivity contribution in [3.63, 3.8) is 0 Å². The number of alkyl halides is 2. The van der Waals surface area contributed by atoms with E-state index in [2.05, 4.69) is 0 Å². The van der Waals surface area contributed by atoms with Crippen molar-refractivity contribution in [2.45, 2.75) is 63.9 Å². The van der Waals surface area contributed by atoms with Gasteiger partial charge in [0, 0.05) is 18.3 Å². The molecule has 0 aromatic heterocycles. The highest BCUT2D eigenvalue weighted by Crippen LogP contribution is 2.60. The average molecular weight is 248 g/mol. The molecule has 2 fully saturated rings. The predicted octanol–water partition coefficient (Wildman–Crippen LogP) is 2.73. The van der Waals surface area contributed by atoms with E-state index in [1.54, 1.807) is 0 Å². The summed E-state index contributed by atoms with van der Waals surface area (Å²) < 4.78 is 26.8. The van der Waals surface area contributed by atoms with Gasteiger partial charge < -0.3 is 10.2 Å². The van der Waals surface area contributed by atoms with Crippen molar-refractivity contribution in [3.05, 3.63) is 0 Å². The van der Waals surface area contributed by atoms with Gasteiger partial charge in [-0.3, -0.25) is 0 Å². The molecule has 0 saturated heterocycles. The first-order valence-electron chi connectivity index (χ1n) is 6.35. The van der Waals surface area contributed by atoms with Crippen molar-refractivity contribution < 1.29 is 19.0 Å². The Hall–Kier alpha value is -0.220. The molecule has 0 aliphatic heterocycles. The van der Waals surface area contributed by atoms with E-state index in [0.29, 0.717) is 12.8 Å². The van der Waals surface area contributed by atoms with Crippen LogP contribution in [0.5, 0.6) is 0 Å². The van der Waals surface area contributed by atoms with Gasteiger partial charge in [-0.05, 0) is 31.1 Å². The van der Waals surface area contributed by atoms with Crippen LogP contribution in [0.1, 0.15) is 52.4 Å². The molecule has 2 aliphatic rings. The van der Waals surface area contributed by atoms with Crippen molar-refractivity contribution in [2.24, 2.45) is 10.8 Å². The second kappa shape index (κ2) is 3.64. The highest BCUT2D eigenvalue weighted by Gasteiger charge is 2.62. The Morgan fingerprint density at radius 1 is 1.00 bits per heavy atom. The Morgan fingerprint density at radius 2 is 1.65 bits per heavy atom. The highest BCUT2D eigenvalue weighted by atomic mass is 19.3. The fourth-order valence-electron chi connectivity index (χ4n) is 3.74. The number of hydrogen-bond acceptors (Lipinski definition) is 2. The molecule has 2 unspecified atom stereocenters. The SMILES string of the molecule is CC1(C)CCC(O)(C2(CO)CCC(F)(F)C2)C1. The summed E-state index contributed by atoms with van der Waals surface area (Å²) in [6.07, 6.45) is 1.51. The lowest BCUT2D eigenvalue weighted by Gasteiger charge is -2.42. The molecule has 2 rings (SSSR count). The molecule has 2 atom stereocenters. The topological polar surface area (TPSA) is 40.5 Å². The number of hydrogen-bond donors (Lipinski definition) is 2. The lowest BCUT2D eigenvalue weighted by molar-refractivity contribution is -0.124. The molecule has 0 aromatic carbocycles. The quantitative estimate of drug-likeness (QED) is 0.789. The Balaban J connectivity index is 2.25. The van der Waals surface area contributed by atoms with Crippen LogP contribution in [0, 0.1) is 10.8 Å². The molecule has 0 aromatic rings. The molecule has 0 amide bonds. The van der Waals surface area contributed by atoms with E-state index in [0.717, 1.165) is 6.42 Å². The summed E-state index contributed by atoms with van der Waals surface area (Å²) in [5, 5.41) is 20.3. The maximum atomic E-state index is 13.4. The van der Waals surface area contributed by atoms with Gasteiger partial charge >= 0.3 is 0 Å². The third kappa shape index (κ3) is 2.10. The molecule has 100 valence electrons. The van der Waals surface area contributed by atoms with Crippen LogP contribution in [0.25, 0.3) is 0 Å². The van der Waals surface area contributed by atoms with Crippen LogP contribution in [-0.4, -0.2) is 28.3 Å². The maximum absolute atomic E-state index is 13.4. The van der Waals surface area contributed by atoms with Crippen molar-refractivity contribution in [1.82, 2.24) is 0 Å². The number of rotatable bonds is 2. The van der Waals surface area contributed by atoms with Crippen LogP contribution < -0.4 is 0 Å². The largest absolute Gasteiger partial charge is 0.396 e. The van der Waals surface area contributed by atoms with Crippen LogP contribution in [0.3, 0.4) is 0 Å². The van der Waals surface area contributed by atoms with Gasteiger partial charge in [-0.1, -0.05) is 13.8 Å². The van der Waals surface area contributed by atoms with E-state index < -0.39 is 16.9 Å². The molecule has 2 saturated carbocycles. The molecule has 0 radical (unpaired) electrons. The van der Waals surface area contributed by atoms with Crippen LogP contribution in [0.15, 0.2) is 0 Å². The second-order valence-electron chi connectivity index (χ2n) is 6.84. The van der Waals surface area contributed by atoms with Crippen LogP contribution in [-0.2, 0) is 0 Å². The van der Waals surface area contributed by atoms with Gasteiger partial charge in [0.2, 0.25) is 5.92 Å². The first-order valence-corrected chi connectivity index (χ1v) is 6.35. The van der Waals surface area contributed by atoms with E-state index in [-0.39, 0.29) is 31.3 Å². The smallest absolute Gasteiger partial charge is 0.248 e. The third-order valence-corrected chi connectivity index (χ3v) is 4.84. The van der Waals surface area contributed by atoms with Gasteiger partial charge in [0.05, 0.1) is 12.2 Å². The van der Waals surface area contributed by atoms with E-state index in [1.165, 1.54) is 0 Å². The molecule has 17 heavy (non-hydrogen) atoms. The van der Waals surface area contributed by atoms with E-state index in [4.69, 9.17) is 0 Å². The minimum Gasteiger partial charge on any atom is -0.396 e. The van der Waals surface area contributed by atoms with Gasteiger partial charge in [-0.2, -0.15) is 0 Å². The van der Waals surface area contributed by atoms with Crippen molar-refractivity contribution >= 4 is 0 Å². The zero-order valence-corrected chi connectivity index (χ0v) is 10.6. The average Bonchev–Trinajstić information content (AvgIpc) is 2.66. The Kier molecular flexibility index (Phi) is 2.83. The number of aliphatic hydroxyl groups is 2. The third-order valence-electron chi connectivity index (χ3n) is 4.84. The van der Waals surface area contributed by atoms with Gasteiger partial charge in [0.1, 0.15) is 0 Å². The molecule has 0 spiro atoms. The summed E-state index contributed by atoms with van der Waals surface area (Å²) >= 11 is 0. The highest BCUT2D eigenvalue weighted by molar-refractivity contribution is 5.10. The van der Waals surface area contributed by atoms with Crippen LogP contribution in [0.4, 0.5) is 8.78 Å². The lowest BCUT2D eigenvalue weighted by Crippen LogP contribution is -2.48. The molecule has 2 N–H and O–H groups in total. The lowest BCUT2D eigenvalue weighted by atomic mass is 9.68. The molecule has 0 heterocycles. The van der Waals surface area contributed by atoms with E-state index in [9.17, 15) is 19.0 Å². The van der Waals surface area contributed by atoms with Crippen LogP contribution >= 0.6 is 0 Å². The van der Waals surface area contributed by atoms with Crippen LogP contribution in [0.2, 0.25) is 0 Å². The fourth-order valence-corrected chi connectivity index (χ4v) is 3.74. The molecule has 2 aliphatic carbocycles. The molecule has 4 heteroatoms. The number of aliphatic hydroxyl groups excluding tert-OH is 1. The summed E-state index contributed by atoms with van der Waals surface area (Å²) in [6.45, 7) is 3.75. The van der Waals surface area contributed by atoms with E-state index in [1.807, 2.05) is 13.8 Å². The standard InChI is InChI=1S/C13H22F2O2/c1-10(2)3-5-12(17,7-10)11(9-16)4-6-13(14,15)8-11/h16-17H,3-9H2,1-2H3. The van der Waals surface area contributed by atoms with Crippen molar-refractivity contribution in [2.75, 3.05) is 6.61 Å². The normalized spacial score (nSPS) is 44.1. The summed E-state index contributed by atoms with van der Waals surface area (Å²) in [6, 6.07) is 0. The zero-order valence-electron chi connectivity index (χ0n) is 10.6. The first kappa shape index (κ1) is 13.2. The second-order valence-corrected chi connectivity index (χ2v) is 6.84. The summed E-state index contributed by atoms with van der Waals surface area (Å²) in [7, 11) is 0. The fraction of sp³-hybridized carbons (Fsp3) is 1.00. The minimum atomic E-state index is -2.73. The molecular formula is C13H22F2O2. The van der Waals surface area contributed by atoms with Crippen molar-refractivity contribution in [1.29, 1.82) is 0 Å². The molecular weight excluding hydrogens is 226 g/mol. The van der Waals surface area contributed by atoms with Gasteiger partial charge in [0.15, 0.2) is 0 Å². The minimum absolute atomic E-state index is 0.0191. The summed E-state index contributed by atoms with van der Waals surface area (Å²) in [4.78, 5) is 0. The molecule has 2 nitrogen and oxygen atoms in total. The van der Waals surface area contributed by atoms with E-state index >= 15 is 0 Å².